The molecule has 2 fully saturated rings. The van der Waals surface area contributed by atoms with Crippen LogP contribution in [0.25, 0.3) is 0 Å². The molecule has 1 amide bonds. The first-order chi connectivity index (χ1) is 6.27. The Bertz CT molecular complexity index is 210. The van der Waals surface area contributed by atoms with Gasteiger partial charge < -0.3 is 10.2 Å². The molecule has 1 aliphatic heterocycles. The fourth-order valence-corrected chi connectivity index (χ4v) is 2.47. The zero-order valence-electron chi connectivity index (χ0n) is 8.66. The second-order valence-corrected chi connectivity index (χ2v) is 4.34. The molecule has 0 aromatic rings. The molecule has 0 aromatic heterocycles. The van der Waals surface area contributed by atoms with Crippen molar-refractivity contribution in [3.8, 4) is 0 Å². The molecule has 4 heteroatoms. The predicted octanol–water partition coefficient (Wildman–Crippen LogP) is 1.03. The number of rotatable bonds is 1. The highest BCUT2D eigenvalue weighted by atomic mass is 35.5. The summed E-state index contributed by atoms with van der Waals surface area (Å²) in [6.45, 7) is 4.71. The van der Waals surface area contributed by atoms with Crippen molar-refractivity contribution in [1.82, 2.24) is 10.2 Å². The van der Waals surface area contributed by atoms with Crippen LogP contribution in [0.3, 0.4) is 0 Å². The molecule has 0 bridgehead atoms. The summed E-state index contributed by atoms with van der Waals surface area (Å²) < 4.78 is 0. The van der Waals surface area contributed by atoms with Crippen LogP contribution in [-0.4, -0.2) is 36.5 Å². The molecule has 0 spiro atoms. The summed E-state index contributed by atoms with van der Waals surface area (Å²) in [4.78, 5) is 13.6. The lowest BCUT2D eigenvalue weighted by Gasteiger charge is -2.32. The van der Waals surface area contributed by atoms with Crippen molar-refractivity contribution >= 4 is 18.3 Å². The van der Waals surface area contributed by atoms with Crippen LogP contribution in [0.5, 0.6) is 0 Å². The maximum atomic E-state index is 11.6. The summed E-state index contributed by atoms with van der Waals surface area (Å²) in [6, 6.07) is 0.546. The zero-order valence-corrected chi connectivity index (χ0v) is 9.48. The third-order valence-corrected chi connectivity index (χ3v) is 3.23. The van der Waals surface area contributed by atoms with Gasteiger partial charge in [-0.3, -0.25) is 4.79 Å². The summed E-state index contributed by atoms with van der Waals surface area (Å²) in [6.07, 6.45) is 3.72. The second-order valence-electron chi connectivity index (χ2n) is 4.34. The number of carbonyl (C=O) groups excluding carboxylic acids is 1. The molecular formula is C10H19ClN2O. The number of piperazine rings is 1. The third-order valence-electron chi connectivity index (χ3n) is 3.23. The van der Waals surface area contributed by atoms with E-state index in [1.165, 1.54) is 19.3 Å². The van der Waals surface area contributed by atoms with E-state index in [9.17, 15) is 4.79 Å². The van der Waals surface area contributed by atoms with Crippen LogP contribution in [0.2, 0.25) is 0 Å². The van der Waals surface area contributed by atoms with E-state index < -0.39 is 0 Å². The van der Waals surface area contributed by atoms with E-state index in [-0.39, 0.29) is 12.4 Å². The zero-order chi connectivity index (χ0) is 9.26. The van der Waals surface area contributed by atoms with Gasteiger partial charge in [-0.1, -0.05) is 6.92 Å². The molecule has 2 rings (SSSR count). The van der Waals surface area contributed by atoms with Crippen molar-refractivity contribution < 1.29 is 4.79 Å². The lowest BCUT2D eigenvalue weighted by molar-refractivity contribution is -0.134. The molecule has 0 radical (unpaired) electrons. The highest BCUT2D eigenvalue weighted by Gasteiger charge is 2.30. The predicted molar refractivity (Wildman–Crippen MR) is 58.6 cm³/mol. The Hall–Kier alpha value is -0.280. The van der Waals surface area contributed by atoms with Crippen molar-refractivity contribution in [1.29, 1.82) is 0 Å². The number of hydrogen-bond donors (Lipinski definition) is 1. The van der Waals surface area contributed by atoms with Gasteiger partial charge in [-0.2, -0.15) is 0 Å². The Morgan fingerprint density at radius 2 is 2.21 bits per heavy atom. The SMILES string of the molecule is CC1CCC(N2CCNCC2=O)C1.Cl. The fraction of sp³-hybridized carbons (Fsp3) is 0.900. The Kier molecular flexibility index (Phi) is 4.20. The molecule has 2 unspecified atom stereocenters. The number of halogens is 1. The Balaban J connectivity index is 0.000000980. The largest absolute Gasteiger partial charge is 0.337 e. The van der Waals surface area contributed by atoms with Crippen LogP contribution in [-0.2, 0) is 4.79 Å². The molecule has 1 heterocycles. The molecule has 1 N–H and O–H groups in total. The maximum Gasteiger partial charge on any atom is 0.236 e. The van der Waals surface area contributed by atoms with Gasteiger partial charge in [0.2, 0.25) is 5.91 Å². The summed E-state index contributed by atoms with van der Waals surface area (Å²) in [7, 11) is 0. The van der Waals surface area contributed by atoms with Gasteiger partial charge in [-0.25, -0.2) is 0 Å². The quantitative estimate of drug-likeness (QED) is 0.713. The van der Waals surface area contributed by atoms with Gasteiger partial charge in [0, 0.05) is 19.1 Å². The first-order valence-corrected chi connectivity index (χ1v) is 5.27. The molecule has 14 heavy (non-hydrogen) atoms. The minimum Gasteiger partial charge on any atom is -0.337 e. The molecule has 2 aliphatic rings. The first kappa shape index (κ1) is 11.8. The smallest absolute Gasteiger partial charge is 0.236 e. The van der Waals surface area contributed by atoms with E-state index in [1.54, 1.807) is 0 Å². The molecule has 1 saturated carbocycles. The number of nitrogens with zero attached hydrogens (tertiary/aromatic N) is 1. The van der Waals surface area contributed by atoms with Crippen LogP contribution in [0.15, 0.2) is 0 Å². The molecule has 3 nitrogen and oxygen atoms in total. The number of carbonyl (C=O) groups is 1. The summed E-state index contributed by atoms with van der Waals surface area (Å²) >= 11 is 0. The van der Waals surface area contributed by atoms with Crippen LogP contribution in [0, 0.1) is 5.92 Å². The number of nitrogens with one attached hydrogen (secondary N) is 1. The topological polar surface area (TPSA) is 32.3 Å². The number of amides is 1. The van der Waals surface area contributed by atoms with Crippen molar-refractivity contribution in [3.05, 3.63) is 0 Å². The summed E-state index contributed by atoms with van der Waals surface area (Å²) in [5.41, 5.74) is 0. The van der Waals surface area contributed by atoms with E-state index >= 15 is 0 Å². The molecule has 0 aromatic carbocycles. The molecule has 1 saturated heterocycles. The monoisotopic (exact) mass is 218 g/mol. The first-order valence-electron chi connectivity index (χ1n) is 5.27. The minimum absolute atomic E-state index is 0. The molecular weight excluding hydrogens is 200 g/mol. The van der Waals surface area contributed by atoms with E-state index in [1.807, 2.05) is 0 Å². The van der Waals surface area contributed by atoms with Gasteiger partial charge in [0.15, 0.2) is 0 Å². The lowest BCUT2D eigenvalue weighted by atomic mass is 10.1. The minimum atomic E-state index is 0. The van der Waals surface area contributed by atoms with Gasteiger partial charge in [-0.15, -0.1) is 12.4 Å². The second kappa shape index (κ2) is 4.99. The Morgan fingerprint density at radius 3 is 2.79 bits per heavy atom. The van der Waals surface area contributed by atoms with Gasteiger partial charge in [0.25, 0.3) is 0 Å². The standard InChI is InChI=1S/C10H18N2O.ClH/c1-8-2-3-9(6-8)12-5-4-11-7-10(12)13;/h8-9,11H,2-7H2,1H3;1H. The van der Waals surface area contributed by atoms with Crippen LogP contribution < -0.4 is 5.32 Å². The third kappa shape index (κ3) is 2.39. The van der Waals surface area contributed by atoms with Gasteiger partial charge in [0.05, 0.1) is 6.54 Å². The Labute approximate surface area is 91.6 Å². The highest BCUT2D eigenvalue weighted by molar-refractivity contribution is 5.85. The van der Waals surface area contributed by atoms with E-state index in [0.29, 0.717) is 18.5 Å². The normalized spacial score (nSPS) is 32.9. The average Bonchev–Trinajstić information content (AvgIpc) is 2.53. The van der Waals surface area contributed by atoms with Gasteiger partial charge in [0.1, 0.15) is 0 Å². The fourth-order valence-electron chi connectivity index (χ4n) is 2.47. The molecule has 2 atom stereocenters. The molecule has 1 aliphatic carbocycles. The maximum absolute atomic E-state index is 11.6. The lowest BCUT2D eigenvalue weighted by Crippen LogP contribution is -2.51. The Morgan fingerprint density at radius 1 is 1.43 bits per heavy atom. The van der Waals surface area contributed by atoms with Gasteiger partial charge >= 0.3 is 0 Å². The van der Waals surface area contributed by atoms with Crippen molar-refractivity contribution in [3.63, 3.8) is 0 Å². The van der Waals surface area contributed by atoms with E-state index in [2.05, 4.69) is 17.1 Å². The number of hydrogen-bond acceptors (Lipinski definition) is 2. The van der Waals surface area contributed by atoms with Crippen molar-refractivity contribution in [2.45, 2.75) is 32.2 Å². The van der Waals surface area contributed by atoms with E-state index in [4.69, 9.17) is 0 Å². The van der Waals surface area contributed by atoms with E-state index in [0.717, 1.165) is 19.0 Å². The highest BCUT2D eigenvalue weighted by Crippen LogP contribution is 2.28. The summed E-state index contributed by atoms with van der Waals surface area (Å²) in [5, 5.41) is 3.11. The van der Waals surface area contributed by atoms with Gasteiger partial charge in [-0.05, 0) is 25.2 Å². The summed E-state index contributed by atoms with van der Waals surface area (Å²) in [5.74, 6) is 1.11. The van der Waals surface area contributed by atoms with Crippen molar-refractivity contribution in [2.75, 3.05) is 19.6 Å². The average molecular weight is 219 g/mol. The van der Waals surface area contributed by atoms with Crippen molar-refractivity contribution in [2.24, 2.45) is 5.92 Å². The van der Waals surface area contributed by atoms with Crippen LogP contribution >= 0.6 is 12.4 Å². The van der Waals surface area contributed by atoms with Crippen LogP contribution in [0.4, 0.5) is 0 Å². The molecule has 82 valence electrons. The van der Waals surface area contributed by atoms with Crippen LogP contribution in [0.1, 0.15) is 26.2 Å².